The average Bonchev–Trinajstić information content (AvgIpc) is 2.63. The second-order valence-corrected chi connectivity index (χ2v) is 4.08. The van der Waals surface area contributed by atoms with Crippen LogP contribution in [0.3, 0.4) is 0 Å². The van der Waals surface area contributed by atoms with Gasteiger partial charge < -0.3 is 15.0 Å². The van der Waals surface area contributed by atoms with Gasteiger partial charge in [0.1, 0.15) is 0 Å². The zero-order valence-corrected chi connectivity index (χ0v) is 8.86. The lowest BCUT2D eigenvalue weighted by Gasteiger charge is -2.29. The van der Waals surface area contributed by atoms with Gasteiger partial charge in [0, 0.05) is 19.7 Å². The highest BCUT2D eigenvalue weighted by atomic mass is 16.5. The molecular formula is C10H16N2O3. The molecule has 0 aromatic carbocycles. The van der Waals surface area contributed by atoms with Crippen LogP contribution in [0.1, 0.15) is 13.3 Å². The maximum atomic E-state index is 12.0. The molecule has 5 heteroatoms. The van der Waals surface area contributed by atoms with E-state index >= 15 is 0 Å². The Kier molecular flexibility index (Phi) is 2.90. The van der Waals surface area contributed by atoms with Gasteiger partial charge in [-0.15, -0.1) is 0 Å². The standard InChI is InChI=1S/C10H16N2O3/c1-7-8(2-5-15-7)10(14)12-4-3-11-9(13)6-12/h7-8H,2-6H2,1H3,(H,11,13). The monoisotopic (exact) mass is 212 g/mol. The highest BCUT2D eigenvalue weighted by Gasteiger charge is 2.35. The third kappa shape index (κ3) is 2.12. The van der Waals surface area contributed by atoms with E-state index in [0.29, 0.717) is 19.7 Å². The summed E-state index contributed by atoms with van der Waals surface area (Å²) in [5.41, 5.74) is 0. The number of nitrogens with one attached hydrogen (secondary N) is 1. The minimum Gasteiger partial charge on any atom is -0.378 e. The number of rotatable bonds is 1. The summed E-state index contributed by atoms with van der Waals surface area (Å²) in [6.45, 7) is 3.94. The van der Waals surface area contributed by atoms with E-state index in [4.69, 9.17) is 4.74 Å². The second-order valence-electron chi connectivity index (χ2n) is 4.08. The number of hydrogen-bond donors (Lipinski definition) is 1. The minimum absolute atomic E-state index is 0.0116. The number of ether oxygens (including phenoxy) is 1. The number of carbonyl (C=O) groups excluding carboxylic acids is 2. The van der Waals surface area contributed by atoms with Gasteiger partial charge in [-0.3, -0.25) is 9.59 Å². The molecule has 2 saturated heterocycles. The van der Waals surface area contributed by atoms with Gasteiger partial charge in [-0.05, 0) is 13.3 Å². The topological polar surface area (TPSA) is 58.6 Å². The van der Waals surface area contributed by atoms with Crippen LogP contribution < -0.4 is 5.32 Å². The van der Waals surface area contributed by atoms with Crippen LogP contribution in [0.2, 0.25) is 0 Å². The van der Waals surface area contributed by atoms with Crippen molar-refractivity contribution < 1.29 is 14.3 Å². The maximum absolute atomic E-state index is 12.0. The highest BCUT2D eigenvalue weighted by Crippen LogP contribution is 2.22. The first kappa shape index (κ1) is 10.4. The predicted octanol–water partition coefficient (Wildman–Crippen LogP) is -0.630. The van der Waals surface area contributed by atoms with E-state index in [1.807, 2.05) is 6.92 Å². The smallest absolute Gasteiger partial charge is 0.239 e. The van der Waals surface area contributed by atoms with E-state index in [-0.39, 0.29) is 30.4 Å². The van der Waals surface area contributed by atoms with E-state index < -0.39 is 0 Å². The Morgan fingerprint density at radius 2 is 2.40 bits per heavy atom. The second kappa shape index (κ2) is 4.18. The van der Waals surface area contributed by atoms with Gasteiger partial charge >= 0.3 is 0 Å². The number of hydrogen-bond acceptors (Lipinski definition) is 3. The summed E-state index contributed by atoms with van der Waals surface area (Å²) in [4.78, 5) is 24.8. The third-order valence-electron chi connectivity index (χ3n) is 3.04. The fourth-order valence-electron chi connectivity index (χ4n) is 2.12. The summed E-state index contributed by atoms with van der Waals surface area (Å²) in [6.07, 6.45) is 0.764. The van der Waals surface area contributed by atoms with Gasteiger partial charge in [-0.1, -0.05) is 0 Å². The van der Waals surface area contributed by atoms with Gasteiger partial charge in [-0.25, -0.2) is 0 Å². The van der Waals surface area contributed by atoms with Crippen molar-refractivity contribution in [3.05, 3.63) is 0 Å². The molecule has 0 aliphatic carbocycles. The molecule has 2 aliphatic rings. The van der Waals surface area contributed by atoms with Gasteiger partial charge in [0.15, 0.2) is 0 Å². The van der Waals surface area contributed by atoms with Crippen molar-refractivity contribution in [1.82, 2.24) is 10.2 Å². The fraction of sp³-hybridized carbons (Fsp3) is 0.800. The lowest BCUT2D eigenvalue weighted by atomic mass is 10.0. The van der Waals surface area contributed by atoms with Crippen LogP contribution in [0.15, 0.2) is 0 Å². The highest BCUT2D eigenvalue weighted by molar-refractivity contribution is 5.87. The molecule has 0 saturated carbocycles. The Balaban J connectivity index is 1.97. The third-order valence-corrected chi connectivity index (χ3v) is 3.04. The summed E-state index contributed by atoms with van der Waals surface area (Å²) in [5.74, 6) is -0.0630. The van der Waals surface area contributed by atoms with Crippen LogP contribution in [-0.4, -0.2) is 49.1 Å². The summed E-state index contributed by atoms with van der Waals surface area (Å²) < 4.78 is 5.36. The van der Waals surface area contributed by atoms with Crippen LogP contribution in [-0.2, 0) is 14.3 Å². The molecule has 0 aromatic rings. The molecular weight excluding hydrogens is 196 g/mol. The van der Waals surface area contributed by atoms with Crippen LogP contribution in [0.5, 0.6) is 0 Å². The van der Waals surface area contributed by atoms with Crippen molar-refractivity contribution in [3.63, 3.8) is 0 Å². The number of nitrogens with zero attached hydrogens (tertiary/aromatic N) is 1. The molecule has 0 spiro atoms. The van der Waals surface area contributed by atoms with E-state index in [1.54, 1.807) is 4.90 Å². The Labute approximate surface area is 88.8 Å². The average molecular weight is 212 g/mol. The first-order valence-corrected chi connectivity index (χ1v) is 5.35. The number of carbonyl (C=O) groups is 2. The molecule has 2 atom stereocenters. The van der Waals surface area contributed by atoms with Gasteiger partial charge in [0.2, 0.25) is 11.8 Å². The summed E-state index contributed by atoms with van der Waals surface area (Å²) in [5, 5.41) is 2.70. The minimum atomic E-state index is -0.0684. The normalized spacial score (nSPS) is 31.5. The molecule has 1 N–H and O–H groups in total. The van der Waals surface area contributed by atoms with Gasteiger partial charge in [0.05, 0.1) is 18.6 Å². The van der Waals surface area contributed by atoms with Crippen molar-refractivity contribution in [2.75, 3.05) is 26.2 Å². The maximum Gasteiger partial charge on any atom is 0.239 e. The molecule has 2 heterocycles. The van der Waals surface area contributed by atoms with E-state index in [0.717, 1.165) is 6.42 Å². The van der Waals surface area contributed by atoms with Gasteiger partial charge in [0.25, 0.3) is 0 Å². The lowest BCUT2D eigenvalue weighted by molar-refractivity contribution is -0.142. The van der Waals surface area contributed by atoms with E-state index in [2.05, 4.69) is 5.32 Å². The summed E-state index contributed by atoms with van der Waals surface area (Å²) in [6, 6.07) is 0. The molecule has 0 radical (unpaired) electrons. The van der Waals surface area contributed by atoms with Crippen molar-refractivity contribution >= 4 is 11.8 Å². The van der Waals surface area contributed by atoms with Crippen LogP contribution in [0.25, 0.3) is 0 Å². The largest absolute Gasteiger partial charge is 0.378 e. The molecule has 2 amide bonds. The van der Waals surface area contributed by atoms with Crippen molar-refractivity contribution in [2.45, 2.75) is 19.4 Å². The first-order valence-electron chi connectivity index (χ1n) is 5.35. The first-order chi connectivity index (χ1) is 7.18. The molecule has 15 heavy (non-hydrogen) atoms. The van der Waals surface area contributed by atoms with Crippen molar-refractivity contribution in [3.8, 4) is 0 Å². The lowest BCUT2D eigenvalue weighted by Crippen LogP contribution is -2.52. The summed E-state index contributed by atoms with van der Waals surface area (Å²) in [7, 11) is 0. The zero-order valence-electron chi connectivity index (χ0n) is 8.86. The molecule has 0 bridgehead atoms. The van der Waals surface area contributed by atoms with Crippen LogP contribution in [0.4, 0.5) is 0 Å². The molecule has 2 fully saturated rings. The quantitative estimate of drug-likeness (QED) is 0.629. The SMILES string of the molecule is CC1OCCC1C(=O)N1CCNC(=O)C1. The summed E-state index contributed by atoms with van der Waals surface area (Å²) >= 11 is 0. The number of piperazine rings is 1. The fourth-order valence-corrected chi connectivity index (χ4v) is 2.12. The molecule has 5 nitrogen and oxygen atoms in total. The molecule has 0 aromatic heterocycles. The Morgan fingerprint density at radius 1 is 1.60 bits per heavy atom. The Hall–Kier alpha value is -1.10. The van der Waals surface area contributed by atoms with Crippen molar-refractivity contribution in [2.24, 2.45) is 5.92 Å². The van der Waals surface area contributed by atoms with Crippen LogP contribution in [0, 0.1) is 5.92 Å². The van der Waals surface area contributed by atoms with E-state index in [9.17, 15) is 9.59 Å². The molecule has 2 unspecified atom stereocenters. The number of amides is 2. The van der Waals surface area contributed by atoms with E-state index in [1.165, 1.54) is 0 Å². The van der Waals surface area contributed by atoms with Gasteiger partial charge in [-0.2, -0.15) is 0 Å². The molecule has 84 valence electrons. The van der Waals surface area contributed by atoms with Crippen LogP contribution >= 0.6 is 0 Å². The molecule has 2 aliphatic heterocycles. The Bertz CT molecular complexity index is 280. The predicted molar refractivity (Wildman–Crippen MR) is 53.1 cm³/mol. The van der Waals surface area contributed by atoms with Crippen molar-refractivity contribution in [1.29, 1.82) is 0 Å². The molecule has 2 rings (SSSR count). The Morgan fingerprint density at radius 3 is 3.00 bits per heavy atom. The zero-order chi connectivity index (χ0) is 10.8.